The maximum Gasteiger partial charge on any atom is 0.322 e. The molecule has 0 saturated carbocycles. The minimum Gasteiger partial charge on any atom is -0.480 e. The summed E-state index contributed by atoms with van der Waals surface area (Å²) >= 11 is 0. The Bertz CT molecular complexity index is 454. The van der Waals surface area contributed by atoms with Gasteiger partial charge in [0.1, 0.15) is 6.04 Å². The Morgan fingerprint density at radius 3 is 2.50 bits per heavy atom. The summed E-state index contributed by atoms with van der Waals surface area (Å²) in [7, 11) is -1.70. The first-order valence-corrected chi connectivity index (χ1v) is 8.51. The van der Waals surface area contributed by atoms with E-state index in [1.165, 1.54) is 8.61 Å². The van der Waals surface area contributed by atoms with E-state index in [9.17, 15) is 18.3 Å². The predicted octanol–water partition coefficient (Wildman–Crippen LogP) is -0.192. The molecule has 0 aliphatic carbocycles. The number of hydrogen-bond acceptors (Lipinski definition) is 4. The van der Waals surface area contributed by atoms with Crippen molar-refractivity contribution in [1.29, 1.82) is 0 Å². The monoisotopic (exact) mass is 305 g/mol. The van der Waals surface area contributed by atoms with Crippen molar-refractivity contribution in [3.63, 3.8) is 0 Å². The molecule has 2 aliphatic heterocycles. The normalized spacial score (nSPS) is 28.1. The highest BCUT2D eigenvalue weighted by Crippen LogP contribution is 2.23. The molecule has 7 nitrogen and oxygen atoms in total. The fourth-order valence-corrected chi connectivity index (χ4v) is 4.68. The van der Waals surface area contributed by atoms with Crippen LogP contribution in [-0.4, -0.2) is 78.8 Å². The Morgan fingerprint density at radius 2 is 1.80 bits per heavy atom. The first kappa shape index (κ1) is 15.7. The van der Waals surface area contributed by atoms with Gasteiger partial charge >= 0.3 is 5.97 Å². The number of aliphatic carboxylic acids is 1. The van der Waals surface area contributed by atoms with Crippen LogP contribution in [0.2, 0.25) is 0 Å². The lowest BCUT2D eigenvalue weighted by Gasteiger charge is -2.35. The van der Waals surface area contributed by atoms with E-state index in [0.717, 1.165) is 25.8 Å². The van der Waals surface area contributed by atoms with Crippen molar-refractivity contribution in [2.24, 2.45) is 0 Å². The molecule has 8 heteroatoms. The lowest BCUT2D eigenvalue weighted by atomic mass is 10.1. The molecule has 0 aromatic heterocycles. The van der Waals surface area contributed by atoms with Crippen LogP contribution in [0.4, 0.5) is 0 Å². The van der Waals surface area contributed by atoms with E-state index in [2.05, 4.69) is 4.90 Å². The van der Waals surface area contributed by atoms with Crippen molar-refractivity contribution in [2.45, 2.75) is 31.7 Å². The van der Waals surface area contributed by atoms with Crippen molar-refractivity contribution in [3.05, 3.63) is 0 Å². The van der Waals surface area contributed by atoms with Crippen LogP contribution in [0.15, 0.2) is 0 Å². The lowest BCUT2D eigenvalue weighted by Crippen LogP contribution is -2.53. The average Bonchev–Trinajstić information content (AvgIpc) is 2.64. The largest absolute Gasteiger partial charge is 0.480 e. The van der Waals surface area contributed by atoms with Crippen molar-refractivity contribution in [3.8, 4) is 0 Å². The summed E-state index contributed by atoms with van der Waals surface area (Å²) in [5, 5.41) is 9.24. The van der Waals surface area contributed by atoms with Crippen LogP contribution in [-0.2, 0) is 15.0 Å². The molecule has 2 rings (SSSR count). The van der Waals surface area contributed by atoms with Crippen LogP contribution in [0.3, 0.4) is 0 Å². The molecule has 1 unspecified atom stereocenters. The maximum atomic E-state index is 12.7. The van der Waals surface area contributed by atoms with Gasteiger partial charge in [-0.2, -0.15) is 17.0 Å². The van der Waals surface area contributed by atoms with Crippen LogP contribution in [0.5, 0.6) is 0 Å². The van der Waals surface area contributed by atoms with Crippen molar-refractivity contribution in [1.82, 2.24) is 13.5 Å². The summed E-state index contributed by atoms with van der Waals surface area (Å²) in [6, 6.07) is -0.908. The number of hydrogen-bond donors (Lipinski definition) is 1. The molecular formula is C12H23N3O4S. The van der Waals surface area contributed by atoms with E-state index in [1.54, 1.807) is 0 Å². The summed E-state index contributed by atoms with van der Waals surface area (Å²) in [6.07, 6.45) is 2.69. The van der Waals surface area contributed by atoms with Gasteiger partial charge in [-0.15, -0.1) is 0 Å². The van der Waals surface area contributed by atoms with Gasteiger partial charge in [0.05, 0.1) is 0 Å². The molecule has 20 heavy (non-hydrogen) atoms. The Balaban J connectivity index is 2.17. The lowest BCUT2D eigenvalue weighted by molar-refractivity contribution is -0.142. The number of piperidine rings is 1. The number of carboxylic acids is 1. The minimum absolute atomic E-state index is 0.311. The molecule has 0 aromatic carbocycles. The van der Waals surface area contributed by atoms with Gasteiger partial charge in [-0.05, 0) is 39.3 Å². The van der Waals surface area contributed by atoms with Crippen LogP contribution in [0.1, 0.15) is 25.7 Å². The summed E-state index contributed by atoms with van der Waals surface area (Å²) in [4.78, 5) is 13.4. The zero-order valence-corrected chi connectivity index (χ0v) is 12.7. The standard InChI is InChI=1S/C12H23N3O4S/c1-13-6-4-7-14(10-9-13)20(18,19)15-8-3-2-5-11(15)12(16)17/h11H,2-10H2,1H3,(H,16,17). The van der Waals surface area contributed by atoms with Crippen molar-refractivity contribution in [2.75, 3.05) is 39.8 Å². The summed E-state index contributed by atoms with van der Waals surface area (Å²) in [5.74, 6) is -1.04. The highest BCUT2D eigenvalue weighted by Gasteiger charge is 2.40. The molecular weight excluding hydrogens is 282 g/mol. The molecule has 0 bridgehead atoms. The second kappa shape index (κ2) is 6.38. The number of carboxylic acid groups (broad SMARTS) is 1. The van der Waals surface area contributed by atoms with E-state index in [4.69, 9.17) is 0 Å². The van der Waals surface area contributed by atoms with E-state index in [0.29, 0.717) is 32.6 Å². The fraction of sp³-hybridized carbons (Fsp3) is 0.917. The second-order valence-corrected chi connectivity index (χ2v) is 7.41. The molecule has 0 aromatic rings. The van der Waals surface area contributed by atoms with E-state index >= 15 is 0 Å². The number of likely N-dealkylation sites (N-methyl/N-ethyl adjacent to an activating group) is 1. The molecule has 0 amide bonds. The summed E-state index contributed by atoms with van der Waals surface area (Å²) in [6.45, 7) is 2.77. The Kier molecular flexibility index (Phi) is 5.00. The fourth-order valence-electron chi connectivity index (χ4n) is 2.83. The van der Waals surface area contributed by atoms with Gasteiger partial charge in [-0.1, -0.05) is 0 Å². The van der Waals surface area contributed by atoms with Crippen LogP contribution >= 0.6 is 0 Å². The molecule has 1 atom stereocenters. The number of rotatable bonds is 3. The van der Waals surface area contributed by atoms with Gasteiger partial charge < -0.3 is 10.0 Å². The third kappa shape index (κ3) is 3.30. The molecule has 2 fully saturated rings. The van der Waals surface area contributed by atoms with Crippen molar-refractivity contribution >= 4 is 16.2 Å². The third-order valence-electron chi connectivity index (χ3n) is 4.04. The highest BCUT2D eigenvalue weighted by molar-refractivity contribution is 7.86. The van der Waals surface area contributed by atoms with Gasteiger partial charge in [0.15, 0.2) is 0 Å². The molecule has 116 valence electrons. The molecule has 1 N–H and O–H groups in total. The van der Waals surface area contributed by atoms with Crippen LogP contribution in [0.25, 0.3) is 0 Å². The second-order valence-electron chi connectivity index (χ2n) is 5.52. The van der Waals surface area contributed by atoms with E-state index in [1.807, 2.05) is 7.05 Å². The zero-order valence-electron chi connectivity index (χ0n) is 11.9. The average molecular weight is 305 g/mol. The third-order valence-corrected chi connectivity index (χ3v) is 6.09. The smallest absolute Gasteiger partial charge is 0.322 e. The van der Waals surface area contributed by atoms with Crippen LogP contribution in [0, 0.1) is 0 Å². The molecule has 2 aliphatic rings. The van der Waals surface area contributed by atoms with E-state index in [-0.39, 0.29) is 0 Å². The van der Waals surface area contributed by atoms with Crippen LogP contribution < -0.4 is 0 Å². The molecule has 0 spiro atoms. The minimum atomic E-state index is -3.67. The molecule has 2 heterocycles. The van der Waals surface area contributed by atoms with Gasteiger partial charge in [0.2, 0.25) is 0 Å². The van der Waals surface area contributed by atoms with E-state index < -0.39 is 22.2 Å². The Hall–Kier alpha value is -0.700. The maximum absolute atomic E-state index is 12.7. The highest BCUT2D eigenvalue weighted by atomic mass is 32.2. The van der Waals surface area contributed by atoms with Gasteiger partial charge in [-0.25, -0.2) is 0 Å². The number of nitrogens with zero attached hydrogens (tertiary/aromatic N) is 3. The Labute approximate surface area is 120 Å². The van der Waals surface area contributed by atoms with Gasteiger partial charge in [0.25, 0.3) is 10.2 Å². The first-order chi connectivity index (χ1) is 9.43. The van der Waals surface area contributed by atoms with Crippen molar-refractivity contribution < 1.29 is 18.3 Å². The molecule has 2 saturated heterocycles. The van der Waals surface area contributed by atoms with Gasteiger partial charge in [0, 0.05) is 26.2 Å². The number of carbonyl (C=O) groups is 1. The topological polar surface area (TPSA) is 81.2 Å². The predicted molar refractivity (Wildman–Crippen MR) is 74.6 cm³/mol. The summed E-state index contributed by atoms with van der Waals surface area (Å²) < 4.78 is 28.0. The quantitative estimate of drug-likeness (QED) is 0.781. The molecule has 0 radical (unpaired) electrons. The Morgan fingerprint density at radius 1 is 1.05 bits per heavy atom. The van der Waals surface area contributed by atoms with Gasteiger partial charge in [-0.3, -0.25) is 4.79 Å². The first-order valence-electron chi connectivity index (χ1n) is 7.11. The SMILES string of the molecule is CN1CCCN(S(=O)(=O)N2CCCCC2C(=O)O)CC1. The zero-order chi connectivity index (χ0) is 14.8. The summed E-state index contributed by atoms with van der Waals surface area (Å²) in [5.41, 5.74) is 0.